The molecule has 5 rings (SSSR count). The van der Waals surface area contributed by atoms with Crippen LogP contribution in [-0.4, -0.2) is 71.3 Å². The second-order valence-electron chi connectivity index (χ2n) is 8.31. The smallest absolute Gasteiger partial charge is 0.322 e. The first-order chi connectivity index (χ1) is 17.9. The van der Waals surface area contributed by atoms with Gasteiger partial charge in [-0.3, -0.25) is 0 Å². The number of nitrogens with one attached hydrogen (secondary N) is 1. The first kappa shape index (κ1) is 24.3. The monoisotopic (exact) mass is 520 g/mol. The first-order valence-electron chi connectivity index (χ1n) is 11.5. The number of methoxy groups -OCH3 is 2. The Bertz CT molecular complexity index is 1440. The number of rotatable bonds is 5. The second-order valence-corrected chi connectivity index (χ2v) is 8.75. The third kappa shape index (κ3) is 5.12. The van der Waals surface area contributed by atoms with Gasteiger partial charge in [-0.15, -0.1) is 0 Å². The molecule has 190 valence electrons. The van der Waals surface area contributed by atoms with Crippen molar-refractivity contribution in [1.29, 1.82) is 0 Å². The Morgan fingerprint density at radius 2 is 1.76 bits per heavy atom. The number of nitrogens with zero attached hydrogens (tertiary/aromatic N) is 6. The number of nitrogen functional groups attached to an aromatic ring is 1. The second kappa shape index (κ2) is 10.3. The topological polar surface area (TPSA) is 132 Å². The highest BCUT2D eigenvalue weighted by Crippen LogP contribution is 2.30. The first-order valence-corrected chi connectivity index (χ1v) is 11.9. The van der Waals surface area contributed by atoms with Crippen molar-refractivity contribution in [2.45, 2.75) is 0 Å². The zero-order valence-electron chi connectivity index (χ0n) is 20.3. The Hall–Kier alpha value is -4.38. The van der Waals surface area contributed by atoms with Crippen LogP contribution in [0.4, 0.5) is 22.2 Å². The predicted octanol–water partition coefficient (Wildman–Crippen LogP) is 3.69. The van der Waals surface area contributed by atoms with Crippen molar-refractivity contribution >= 4 is 46.2 Å². The van der Waals surface area contributed by atoms with Crippen LogP contribution in [0.1, 0.15) is 0 Å². The van der Waals surface area contributed by atoms with E-state index in [2.05, 4.69) is 20.3 Å². The van der Waals surface area contributed by atoms with Crippen LogP contribution in [0.2, 0.25) is 5.02 Å². The third-order valence-electron chi connectivity index (χ3n) is 6.06. The standard InChI is InChI=1S/C25H25ClN8O3/c1-36-17-7-8-18(20(13-17)37-2)30-25(35)34-11-9-33(10-12-34)23-21-22(31-24(27)32-23)28-14-19(29-21)15-3-5-16(26)6-4-15/h3-8,13-14H,9-12H2,1-2H3,(H,30,35)(H2,27,28,31,32). The van der Waals surface area contributed by atoms with Crippen molar-refractivity contribution in [3.63, 3.8) is 0 Å². The molecule has 1 fully saturated rings. The number of benzene rings is 2. The summed E-state index contributed by atoms with van der Waals surface area (Å²) in [6.07, 6.45) is 1.65. The molecule has 11 nitrogen and oxygen atoms in total. The fourth-order valence-corrected chi connectivity index (χ4v) is 4.23. The Labute approximate surface area is 218 Å². The van der Waals surface area contributed by atoms with Gasteiger partial charge in [0.05, 0.1) is 31.8 Å². The van der Waals surface area contributed by atoms with E-state index in [-0.39, 0.29) is 12.0 Å². The van der Waals surface area contributed by atoms with Gasteiger partial charge in [0.15, 0.2) is 17.0 Å². The molecule has 12 heteroatoms. The zero-order valence-corrected chi connectivity index (χ0v) is 21.1. The molecule has 0 unspecified atom stereocenters. The lowest BCUT2D eigenvalue weighted by Crippen LogP contribution is -2.50. The van der Waals surface area contributed by atoms with E-state index in [1.54, 1.807) is 55.6 Å². The Morgan fingerprint density at radius 3 is 2.46 bits per heavy atom. The predicted molar refractivity (Wildman–Crippen MR) is 142 cm³/mol. The highest BCUT2D eigenvalue weighted by atomic mass is 35.5. The van der Waals surface area contributed by atoms with Crippen LogP contribution in [0.3, 0.4) is 0 Å². The average Bonchev–Trinajstić information content (AvgIpc) is 2.93. The van der Waals surface area contributed by atoms with Crippen molar-refractivity contribution < 1.29 is 14.3 Å². The van der Waals surface area contributed by atoms with Gasteiger partial charge in [0.25, 0.3) is 0 Å². The normalized spacial score (nSPS) is 13.5. The van der Waals surface area contributed by atoms with E-state index in [4.69, 9.17) is 31.8 Å². The number of piperazine rings is 1. The number of aromatic nitrogens is 4. The van der Waals surface area contributed by atoms with E-state index >= 15 is 0 Å². The maximum absolute atomic E-state index is 13.0. The van der Waals surface area contributed by atoms with Gasteiger partial charge < -0.3 is 30.3 Å². The third-order valence-corrected chi connectivity index (χ3v) is 6.31. The van der Waals surface area contributed by atoms with Crippen LogP contribution in [-0.2, 0) is 0 Å². The maximum Gasteiger partial charge on any atom is 0.322 e. The van der Waals surface area contributed by atoms with Gasteiger partial charge in [-0.2, -0.15) is 9.97 Å². The molecule has 0 bridgehead atoms. The maximum atomic E-state index is 13.0. The Balaban J connectivity index is 1.33. The molecule has 2 aromatic heterocycles. The van der Waals surface area contributed by atoms with E-state index in [1.807, 2.05) is 17.0 Å². The molecule has 0 atom stereocenters. The largest absolute Gasteiger partial charge is 0.497 e. The van der Waals surface area contributed by atoms with E-state index in [9.17, 15) is 4.79 Å². The molecule has 4 aromatic rings. The lowest BCUT2D eigenvalue weighted by Gasteiger charge is -2.35. The van der Waals surface area contributed by atoms with Crippen molar-refractivity contribution in [3.8, 4) is 22.8 Å². The molecule has 0 spiro atoms. The number of anilines is 3. The minimum Gasteiger partial charge on any atom is -0.497 e. The van der Waals surface area contributed by atoms with Crippen LogP contribution >= 0.6 is 11.6 Å². The summed E-state index contributed by atoms with van der Waals surface area (Å²) in [4.78, 5) is 34.7. The van der Waals surface area contributed by atoms with Gasteiger partial charge in [0, 0.05) is 42.8 Å². The molecule has 0 radical (unpaired) electrons. The van der Waals surface area contributed by atoms with Crippen molar-refractivity contribution in [3.05, 3.63) is 53.7 Å². The molecule has 2 aromatic carbocycles. The SMILES string of the molecule is COc1ccc(NC(=O)N2CCN(c3nc(N)nc4ncc(-c5ccc(Cl)cc5)nc34)CC2)c(OC)c1. The van der Waals surface area contributed by atoms with Gasteiger partial charge >= 0.3 is 6.03 Å². The van der Waals surface area contributed by atoms with Crippen LogP contribution in [0.25, 0.3) is 22.4 Å². The summed E-state index contributed by atoms with van der Waals surface area (Å²) in [5.41, 5.74) is 9.04. The van der Waals surface area contributed by atoms with Gasteiger partial charge in [0.1, 0.15) is 11.5 Å². The zero-order chi connectivity index (χ0) is 25.9. The Kier molecular flexibility index (Phi) is 6.78. The quantitative estimate of drug-likeness (QED) is 0.404. The summed E-state index contributed by atoms with van der Waals surface area (Å²) in [6, 6.07) is 12.4. The number of ether oxygens (including phenoxy) is 2. The summed E-state index contributed by atoms with van der Waals surface area (Å²) in [5, 5.41) is 3.56. The number of nitrogens with two attached hydrogens (primary N) is 1. The highest BCUT2D eigenvalue weighted by molar-refractivity contribution is 6.30. The van der Waals surface area contributed by atoms with Gasteiger partial charge in [0.2, 0.25) is 5.95 Å². The molecule has 0 aliphatic carbocycles. The number of fused-ring (bicyclic) bond motifs is 1. The molecule has 1 saturated heterocycles. The molecule has 2 amide bonds. The number of amides is 2. The molecule has 0 saturated carbocycles. The van der Waals surface area contributed by atoms with Crippen LogP contribution < -0.4 is 25.4 Å². The van der Waals surface area contributed by atoms with Crippen LogP contribution in [0, 0.1) is 0 Å². The minimum atomic E-state index is -0.222. The van der Waals surface area contributed by atoms with E-state index in [0.29, 0.717) is 71.1 Å². The van der Waals surface area contributed by atoms with Crippen molar-refractivity contribution in [1.82, 2.24) is 24.8 Å². The molecular formula is C25H25ClN8O3. The van der Waals surface area contributed by atoms with E-state index in [1.165, 1.54) is 0 Å². The summed E-state index contributed by atoms with van der Waals surface area (Å²) >= 11 is 6.02. The number of halogens is 1. The van der Waals surface area contributed by atoms with E-state index in [0.717, 1.165) is 5.56 Å². The summed E-state index contributed by atoms with van der Waals surface area (Å²) in [5.74, 6) is 1.86. The molecule has 1 aliphatic rings. The fraction of sp³-hybridized carbons (Fsp3) is 0.240. The fourth-order valence-electron chi connectivity index (χ4n) is 4.11. The van der Waals surface area contributed by atoms with Gasteiger partial charge in [-0.1, -0.05) is 23.7 Å². The number of hydrogen-bond donors (Lipinski definition) is 2. The lowest BCUT2D eigenvalue weighted by molar-refractivity contribution is 0.208. The number of carbonyl (C=O) groups excluding carboxylic acids is 1. The summed E-state index contributed by atoms with van der Waals surface area (Å²) < 4.78 is 10.6. The Morgan fingerprint density at radius 1 is 1.00 bits per heavy atom. The summed E-state index contributed by atoms with van der Waals surface area (Å²) in [7, 11) is 3.12. The number of hydrogen-bond acceptors (Lipinski definition) is 9. The van der Waals surface area contributed by atoms with Gasteiger partial charge in [-0.05, 0) is 24.3 Å². The van der Waals surface area contributed by atoms with E-state index < -0.39 is 0 Å². The number of carbonyl (C=O) groups is 1. The van der Waals surface area contributed by atoms with Crippen LogP contribution in [0.5, 0.6) is 11.5 Å². The summed E-state index contributed by atoms with van der Waals surface area (Å²) in [6.45, 7) is 2.01. The van der Waals surface area contributed by atoms with Gasteiger partial charge in [-0.25, -0.2) is 14.8 Å². The van der Waals surface area contributed by atoms with Crippen molar-refractivity contribution in [2.75, 3.05) is 56.3 Å². The van der Waals surface area contributed by atoms with Crippen LogP contribution in [0.15, 0.2) is 48.7 Å². The molecule has 3 N–H and O–H groups in total. The molecular weight excluding hydrogens is 496 g/mol. The molecule has 1 aliphatic heterocycles. The molecule has 37 heavy (non-hydrogen) atoms. The van der Waals surface area contributed by atoms with Crippen molar-refractivity contribution in [2.24, 2.45) is 0 Å². The number of urea groups is 1. The highest BCUT2D eigenvalue weighted by Gasteiger charge is 2.25. The lowest BCUT2D eigenvalue weighted by atomic mass is 10.1. The minimum absolute atomic E-state index is 0.114. The molecule has 3 heterocycles. The average molecular weight is 521 g/mol.